The van der Waals surface area contributed by atoms with Gasteiger partial charge in [0.2, 0.25) is 11.9 Å². The Bertz CT molecular complexity index is 1030. The van der Waals surface area contributed by atoms with Gasteiger partial charge in [-0.2, -0.15) is 0 Å². The number of sulfonamides is 1. The Balaban J connectivity index is 1.67. The Morgan fingerprint density at radius 3 is 2.37 bits per heavy atom. The molecule has 140 valence electrons. The van der Waals surface area contributed by atoms with Gasteiger partial charge in [-0.3, -0.25) is 4.79 Å². The van der Waals surface area contributed by atoms with Gasteiger partial charge in [-0.1, -0.05) is 5.16 Å². The van der Waals surface area contributed by atoms with Gasteiger partial charge in [-0.05, 0) is 44.2 Å². The van der Waals surface area contributed by atoms with Crippen LogP contribution in [0.4, 0.5) is 11.6 Å². The predicted octanol–water partition coefficient (Wildman–Crippen LogP) is 2.06. The second-order valence-corrected chi connectivity index (χ2v) is 7.41. The number of rotatable bonds is 6. The second kappa shape index (κ2) is 7.54. The summed E-state index contributed by atoms with van der Waals surface area (Å²) < 4.78 is 32.0. The van der Waals surface area contributed by atoms with E-state index in [0.29, 0.717) is 17.1 Å². The van der Waals surface area contributed by atoms with E-state index in [2.05, 4.69) is 25.2 Å². The van der Waals surface area contributed by atoms with Crippen LogP contribution in [0.15, 0.2) is 52.1 Å². The maximum Gasteiger partial charge on any atom is 0.264 e. The first kappa shape index (κ1) is 18.5. The van der Waals surface area contributed by atoms with Gasteiger partial charge in [0.05, 0.1) is 17.0 Å². The maximum absolute atomic E-state index is 12.3. The molecule has 9 nitrogen and oxygen atoms in total. The fourth-order valence-corrected chi connectivity index (χ4v) is 3.33. The smallest absolute Gasteiger partial charge is 0.264 e. The number of amides is 1. The minimum atomic E-state index is -3.82. The number of carbonyl (C=O) groups excluding carboxylic acids is 1. The zero-order chi connectivity index (χ0) is 19.4. The summed E-state index contributed by atoms with van der Waals surface area (Å²) >= 11 is 0. The molecular formula is C17H17N5O4S. The van der Waals surface area contributed by atoms with Crippen LogP contribution in [0.5, 0.6) is 0 Å². The van der Waals surface area contributed by atoms with E-state index in [-0.39, 0.29) is 23.2 Å². The van der Waals surface area contributed by atoms with E-state index in [4.69, 9.17) is 4.52 Å². The van der Waals surface area contributed by atoms with E-state index in [1.807, 2.05) is 0 Å². The fourth-order valence-electron chi connectivity index (χ4n) is 2.37. The van der Waals surface area contributed by atoms with Crippen LogP contribution in [-0.2, 0) is 21.2 Å². The Morgan fingerprint density at radius 1 is 1.11 bits per heavy atom. The molecule has 0 fully saturated rings. The molecule has 0 saturated carbocycles. The van der Waals surface area contributed by atoms with Crippen molar-refractivity contribution in [2.24, 2.45) is 0 Å². The van der Waals surface area contributed by atoms with E-state index >= 15 is 0 Å². The third-order valence-corrected chi connectivity index (χ3v) is 5.10. The van der Waals surface area contributed by atoms with Crippen LogP contribution < -0.4 is 10.0 Å². The van der Waals surface area contributed by atoms with Crippen molar-refractivity contribution in [3.05, 3.63) is 59.7 Å². The Kier molecular flexibility index (Phi) is 5.17. The number of aryl methyl sites for hydroxylation is 2. The van der Waals surface area contributed by atoms with Crippen molar-refractivity contribution in [2.45, 2.75) is 25.2 Å². The van der Waals surface area contributed by atoms with Gasteiger partial charge in [0, 0.05) is 23.6 Å². The third kappa shape index (κ3) is 4.47. The Labute approximate surface area is 155 Å². The average Bonchev–Trinajstić information content (AvgIpc) is 2.94. The van der Waals surface area contributed by atoms with E-state index in [0.717, 1.165) is 5.56 Å². The first-order chi connectivity index (χ1) is 12.8. The molecule has 2 N–H and O–H groups in total. The van der Waals surface area contributed by atoms with Crippen LogP contribution in [0.25, 0.3) is 0 Å². The average molecular weight is 387 g/mol. The molecule has 2 heterocycles. The number of carbonyl (C=O) groups is 1. The van der Waals surface area contributed by atoms with Gasteiger partial charge in [-0.15, -0.1) is 0 Å². The van der Waals surface area contributed by atoms with Crippen molar-refractivity contribution in [3.63, 3.8) is 0 Å². The van der Waals surface area contributed by atoms with E-state index in [1.165, 1.54) is 36.7 Å². The van der Waals surface area contributed by atoms with Crippen LogP contribution in [0.3, 0.4) is 0 Å². The number of aromatic nitrogens is 3. The molecule has 0 aliphatic carbocycles. The van der Waals surface area contributed by atoms with Crippen molar-refractivity contribution in [1.82, 2.24) is 15.1 Å². The SMILES string of the molecule is Cc1noc(C)c1CC(=O)Nc1ccc(S(=O)(=O)Nc2ncccn2)cc1. The van der Waals surface area contributed by atoms with E-state index < -0.39 is 10.0 Å². The van der Waals surface area contributed by atoms with Crippen molar-refractivity contribution in [3.8, 4) is 0 Å². The van der Waals surface area contributed by atoms with Gasteiger partial charge in [-0.25, -0.2) is 23.1 Å². The summed E-state index contributed by atoms with van der Waals surface area (Å²) in [5, 5.41) is 6.53. The lowest BCUT2D eigenvalue weighted by molar-refractivity contribution is -0.115. The summed E-state index contributed by atoms with van der Waals surface area (Å²) in [6, 6.07) is 7.36. The van der Waals surface area contributed by atoms with Crippen LogP contribution in [0, 0.1) is 13.8 Å². The van der Waals surface area contributed by atoms with Gasteiger partial charge < -0.3 is 9.84 Å². The molecule has 0 aliphatic heterocycles. The van der Waals surface area contributed by atoms with Gasteiger partial charge in [0.25, 0.3) is 10.0 Å². The number of benzene rings is 1. The zero-order valence-electron chi connectivity index (χ0n) is 14.6. The molecule has 0 atom stereocenters. The Hall–Kier alpha value is -3.27. The van der Waals surface area contributed by atoms with Crippen LogP contribution in [-0.4, -0.2) is 29.4 Å². The number of hydrogen-bond acceptors (Lipinski definition) is 7. The summed E-state index contributed by atoms with van der Waals surface area (Å²) in [6.07, 6.45) is 2.99. The summed E-state index contributed by atoms with van der Waals surface area (Å²) in [6.45, 7) is 3.51. The maximum atomic E-state index is 12.3. The van der Waals surface area contributed by atoms with Crippen molar-refractivity contribution in [2.75, 3.05) is 10.0 Å². The largest absolute Gasteiger partial charge is 0.361 e. The standard InChI is InChI=1S/C17H17N5O4S/c1-11-15(12(2)26-21-11)10-16(23)20-13-4-6-14(7-5-13)27(24,25)22-17-18-8-3-9-19-17/h3-9H,10H2,1-2H3,(H,20,23)(H,18,19,22). The number of hydrogen-bond donors (Lipinski definition) is 2. The van der Waals surface area contributed by atoms with Crippen LogP contribution in [0.1, 0.15) is 17.0 Å². The molecule has 2 aromatic heterocycles. The molecule has 1 amide bonds. The van der Waals surface area contributed by atoms with Crippen molar-refractivity contribution in [1.29, 1.82) is 0 Å². The van der Waals surface area contributed by atoms with Gasteiger partial charge in [0.15, 0.2) is 0 Å². The minimum absolute atomic E-state index is 0.0191. The molecule has 0 unspecified atom stereocenters. The first-order valence-corrected chi connectivity index (χ1v) is 9.45. The molecule has 3 aromatic rings. The molecule has 3 rings (SSSR count). The zero-order valence-corrected chi connectivity index (χ0v) is 15.4. The summed E-state index contributed by atoms with van der Waals surface area (Å²) in [5.41, 5.74) is 1.87. The molecule has 1 aromatic carbocycles. The lowest BCUT2D eigenvalue weighted by atomic mass is 10.1. The lowest BCUT2D eigenvalue weighted by Crippen LogP contribution is -2.16. The van der Waals surface area contributed by atoms with Gasteiger partial charge >= 0.3 is 0 Å². The van der Waals surface area contributed by atoms with E-state index in [1.54, 1.807) is 19.9 Å². The highest BCUT2D eigenvalue weighted by Gasteiger charge is 2.16. The monoisotopic (exact) mass is 387 g/mol. The van der Waals surface area contributed by atoms with Crippen LogP contribution in [0.2, 0.25) is 0 Å². The normalized spacial score (nSPS) is 11.2. The molecule has 0 aliphatic rings. The van der Waals surface area contributed by atoms with E-state index in [9.17, 15) is 13.2 Å². The van der Waals surface area contributed by atoms with Crippen molar-refractivity contribution >= 4 is 27.6 Å². The highest BCUT2D eigenvalue weighted by atomic mass is 32.2. The second-order valence-electron chi connectivity index (χ2n) is 5.73. The third-order valence-electron chi connectivity index (χ3n) is 3.76. The van der Waals surface area contributed by atoms with Gasteiger partial charge in [0.1, 0.15) is 5.76 Å². The lowest BCUT2D eigenvalue weighted by Gasteiger charge is -2.08. The molecule has 0 spiro atoms. The number of nitrogens with zero attached hydrogens (tertiary/aromatic N) is 3. The fraction of sp³-hybridized carbons (Fsp3) is 0.176. The minimum Gasteiger partial charge on any atom is -0.361 e. The molecule has 0 saturated heterocycles. The topological polar surface area (TPSA) is 127 Å². The number of anilines is 2. The van der Waals surface area contributed by atoms with Crippen LogP contribution >= 0.6 is 0 Å². The molecule has 10 heteroatoms. The van der Waals surface area contributed by atoms with Crippen molar-refractivity contribution < 1.29 is 17.7 Å². The molecular weight excluding hydrogens is 370 g/mol. The molecule has 0 radical (unpaired) electrons. The molecule has 0 bridgehead atoms. The number of nitrogens with one attached hydrogen (secondary N) is 2. The summed E-state index contributed by atoms with van der Waals surface area (Å²) in [4.78, 5) is 19.9. The summed E-state index contributed by atoms with van der Waals surface area (Å²) in [7, 11) is -3.82. The highest BCUT2D eigenvalue weighted by molar-refractivity contribution is 7.92. The predicted molar refractivity (Wildman–Crippen MR) is 97.6 cm³/mol. The Morgan fingerprint density at radius 2 is 1.78 bits per heavy atom. The first-order valence-electron chi connectivity index (χ1n) is 7.96. The quantitative estimate of drug-likeness (QED) is 0.663. The highest BCUT2D eigenvalue weighted by Crippen LogP contribution is 2.18. The summed E-state index contributed by atoms with van der Waals surface area (Å²) in [5.74, 6) is 0.323. The molecule has 27 heavy (non-hydrogen) atoms.